The molecule has 0 bridgehead atoms. The minimum Gasteiger partial charge on any atom is -0.490 e. The highest BCUT2D eigenvalue weighted by atomic mass is 16.5. The van der Waals surface area contributed by atoms with E-state index in [2.05, 4.69) is 48.9 Å². The molecular formula is C19H26N2O. The van der Waals surface area contributed by atoms with Crippen molar-refractivity contribution in [3.63, 3.8) is 0 Å². The van der Waals surface area contributed by atoms with Crippen LogP contribution in [0, 0.1) is 12.8 Å². The van der Waals surface area contributed by atoms with Crippen molar-refractivity contribution >= 4 is 10.9 Å². The lowest BCUT2D eigenvalue weighted by Gasteiger charge is -2.33. The predicted octanol–water partition coefficient (Wildman–Crippen LogP) is 4.04. The van der Waals surface area contributed by atoms with Crippen molar-refractivity contribution in [1.82, 2.24) is 9.88 Å². The summed E-state index contributed by atoms with van der Waals surface area (Å²) in [6, 6.07) is 8.29. The number of nitrogens with zero attached hydrogens (tertiary/aromatic N) is 2. The maximum atomic E-state index is 6.31. The second-order valence-electron chi connectivity index (χ2n) is 6.79. The van der Waals surface area contributed by atoms with Crippen LogP contribution in [0.3, 0.4) is 0 Å². The van der Waals surface area contributed by atoms with Crippen molar-refractivity contribution in [3.8, 4) is 5.75 Å². The molecule has 0 radical (unpaired) electrons. The molecule has 1 fully saturated rings. The van der Waals surface area contributed by atoms with E-state index in [9.17, 15) is 0 Å². The van der Waals surface area contributed by atoms with Gasteiger partial charge in [0, 0.05) is 31.2 Å². The molecule has 1 saturated heterocycles. The molecule has 0 saturated carbocycles. The Morgan fingerprint density at radius 3 is 2.73 bits per heavy atom. The van der Waals surface area contributed by atoms with Gasteiger partial charge in [-0.3, -0.25) is 4.98 Å². The van der Waals surface area contributed by atoms with E-state index in [1.165, 1.54) is 12.1 Å². The van der Waals surface area contributed by atoms with E-state index in [1.807, 2.05) is 12.3 Å². The number of fused-ring (bicyclic) bond motifs is 1. The van der Waals surface area contributed by atoms with E-state index in [0.717, 1.165) is 48.5 Å². The Bertz CT molecular complexity index is 630. The van der Waals surface area contributed by atoms with E-state index in [4.69, 9.17) is 4.74 Å². The van der Waals surface area contributed by atoms with Crippen molar-refractivity contribution in [2.45, 2.75) is 39.7 Å². The van der Waals surface area contributed by atoms with E-state index in [-0.39, 0.29) is 0 Å². The average Bonchev–Trinajstić information content (AvgIpc) is 2.50. The van der Waals surface area contributed by atoms with Crippen molar-refractivity contribution in [2.75, 3.05) is 19.6 Å². The summed E-state index contributed by atoms with van der Waals surface area (Å²) in [5, 5.41) is 1.13. The summed E-state index contributed by atoms with van der Waals surface area (Å²) < 4.78 is 6.31. The molecule has 3 heteroatoms. The molecule has 1 aliphatic heterocycles. The first-order valence-corrected chi connectivity index (χ1v) is 8.37. The van der Waals surface area contributed by atoms with E-state index >= 15 is 0 Å². The smallest absolute Gasteiger partial charge is 0.130 e. The number of rotatable bonds is 4. The lowest BCUT2D eigenvalue weighted by molar-refractivity contribution is 0.0952. The standard InChI is InChI=1S/C19H26N2O/c1-14(2)13-21-11-8-16(9-12-21)22-18-7-10-20-19-15(3)5-4-6-17(18)19/h4-7,10,14,16H,8-9,11-13H2,1-3H3. The molecule has 2 heterocycles. The topological polar surface area (TPSA) is 25.4 Å². The summed E-state index contributed by atoms with van der Waals surface area (Å²) in [4.78, 5) is 7.05. The number of para-hydroxylation sites is 1. The minimum atomic E-state index is 0.328. The number of aromatic nitrogens is 1. The van der Waals surface area contributed by atoms with E-state index < -0.39 is 0 Å². The molecular weight excluding hydrogens is 272 g/mol. The van der Waals surface area contributed by atoms with Crippen molar-refractivity contribution in [1.29, 1.82) is 0 Å². The van der Waals surface area contributed by atoms with Gasteiger partial charge in [-0.15, -0.1) is 0 Å². The van der Waals surface area contributed by atoms with Gasteiger partial charge < -0.3 is 9.64 Å². The number of aryl methyl sites for hydroxylation is 1. The predicted molar refractivity (Wildman–Crippen MR) is 91.4 cm³/mol. The lowest BCUT2D eigenvalue weighted by atomic mass is 10.1. The third kappa shape index (κ3) is 3.41. The molecule has 1 aliphatic rings. The summed E-state index contributed by atoms with van der Waals surface area (Å²) in [7, 11) is 0. The first kappa shape index (κ1) is 15.3. The number of piperidine rings is 1. The van der Waals surface area contributed by atoms with Crippen LogP contribution in [0.4, 0.5) is 0 Å². The SMILES string of the molecule is Cc1cccc2c(OC3CCN(CC(C)C)CC3)ccnc12. The Hall–Kier alpha value is -1.61. The fourth-order valence-electron chi connectivity index (χ4n) is 3.31. The zero-order valence-corrected chi connectivity index (χ0v) is 13.9. The van der Waals surface area contributed by atoms with Crippen LogP contribution >= 0.6 is 0 Å². The summed E-state index contributed by atoms with van der Waals surface area (Å²) in [6.07, 6.45) is 4.41. The number of hydrogen-bond acceptors (Lipinski definition) is 3. The van der Waals surface area contributed by atoms with Crippen LogP contribution in [-0.4, -0.2) is 35.6 Å². The molecule has 0 unspecified atom stereocenters. The highest BCUT2D eigenvalue weighted by Gasteiger charge is 2.21. The van der Waals surface area contributed by atoms with Crippen molar-refractivity contribution in [2.24, 2.45) is 5.92 Å². The lowest BCUT2D eigenvalue weighted by Crippen LogP contribution is -2.39. The minimum absolute atomic E-state index is 0.328. The van der Waals surface area contributed by atoms with Gasteiger partial charge in [-0.1, -0.05) is 26.0 Å². The highest BCUT2D eigenvalue weighted by Crippen LogP contribution is 2.28. The summed E-state index contributed by atoms with van der Waals surface area (Å²) in [5.74, 6) is 1.72. The largest absolute Gasteiger partial charge is 0.490 e. The summed E-state index contributed by atoms with van der Waals surface area (Å²) >= 11 is 0. The Morgan fingerprint density at radius 1 is 1.23 bits per heavy atom. The van der Waals surface area contributed by atoms with Crippen LogP contribution in [0.5, 0.6) is 5.75 Å². The number of ether oxygens (including phenoxy) is 1. The molecule has 22 heavy (non-hydrogen) atoms. The van der Waals surface area contributed by atoms with Gasteiger partial charge >= 0.3 is 0 Å². The molecule has 3 nitrogen and oxygen atoms in total. The van der Waals surface area contributed by atoms with Crippen LogP contribution < -0.4 is 4.74 Å². The molecule has 0 atom stereocenters. The second kappa shape index (κ2) is 6.66. The van der Waals surface area contributed by atoms with Crippen LogP contribution in [-0.2, 0) is 0 Å². The van der Waals surface area contributed by atoms with Gasteiger partial charge in [-0.05, 0) is 43.4 Å². The Labute approximate surface area is 133 Å². The fourth-order valence-corrected chi connectivity index (χ4v) is 3.31. The molecule has 1 aromatic heterocycles. The zero-order chi connectivity index (χ0) is 15.5. The number of hydrogen-bond donors (Lipinski definition) is 0. The molecule has 0 aliphatic carbocycles. The van der Waals surface area contributed by atoms with Gasteiger partial charge in [0.25, 0.3) is 0 Å². The van der Waals surface area contributed by atoms with Gasteiger partial charge in [0.1, 0.15) is 11.9 Å². The Kier molecular flexibility index (Phi) is 4.63. The van der Waals surface area contributed by atoms with E-state index in [1.54, 1.807) is 0 Å². The number of likely N-dealkylation sites (tertiary alicyclic amines) is 1. The summed E-state index contributed by atoms with van der Waals surface area (Å²) in [6.45, 7) is 10.2. The maximum absolute atomic E-state index is 6.31. The first-order valence-electron chi connectivity index (χ1n) is 8.37. The Morgan fingerprint density at radius 2 is 2.00 bits per heavy atom. The maximum Gasteiger partial charge on any atom is 0.130 e. The third-order valence-corrected chi connectivity index (χ3v) is 4.38. The molecule has 2 aromatic rings. The molecule has 118 valence electrons. The van der Waals surface area contributed by atoms with Crippen LogP contribution in [0.15, 0.2) is 30.5 Å². The molecule has 0 N–H and O–H groups in total. The van der Waals surface area contributed by atoms with Gasteiger partial charge in [-0.25, -0.2) is 0 Å². The van der Waals surface area contributed by atoms with Crippen LogP contribution in [0.2, 0.25) is 0 Å². The third-order valence-electron chi connectivity index (χ3n) is 4.38. The molecule has 0 spiro atoms. The average molecular weight is 298 g/mol. The van der Waals surface area contributed by atoms with Gasteiger partial charge in [0.15, 0.2) is 0 Å². The normalized spacial score (nSPS) is 17.3. The zero-order valence-electron chi connectivity index (χ0n) is 13.9. The Balaban J connectivity index is 1.69. The van der Waals surface area contributed by atoms with Gasteiger partial charge in [0.05, 0.1) is 5.52 Å². The molecule has 1 aromatic carbocycles. The highest BCUT2D eigenvalue weighted by molar-refractivity contribution is 5.87. The monoisotopic (exact) mass is 298 g/mol. The fraction of sp³-hybridized carbons (Fsp3) is 0.526. The number of benzene rings is 1. The van der Waals surface area contributed by atoms with Crippen LogP contribution in [0.25, 0.3) is 10.9 Å². The van der Waals surface area contributed by atoms with Gasteiger partial charge in [-0.2, -0.15) is 0 Å². The van der Waals surface area contributed by atoms with Crippen LogP contribution in [0.1, 0.15) is 32.3 Å². The molecule has 3 rings (SSSR count). The molecule has 0 amide bonds. The number of pyridine rings is 1. The van der Waals surface area contributed by atoms with E-state index in [0.29, 0.717) is 6.10 Å². The second-order valence-corrected chi connectivity index (χ2v) is 6.79. The van der Waals surface area contributed by atoms with Crippen molar-refractivity contribution < 1.29 is 4.74 Å². The summed E-state index contributed by atoms with van der Waals surface area (Å²) in [5.41, 5.74) is 2.26. The van der Waals surface area contributed by atoms with Gasteiger partial charge in [0.2, 0.25) is 0 Å². The quantitative estimate of drug-likeness (QED) is 0.851. The van der Waals surface area contributed by atoms with Crippen molar-refractivity contribution in [3.05, 3.63) is 36.0 Å². The first-order chi connectivity index (χ1) is 10.6.